The van der Waals surface area contributed by atoms with Crippen molar-refractivity contribution in [3.8, 4) is 12.3 Å². The van der Waals surface area contributed by atoms with E-state index >= 15 is 0 Å². The summed E-state index contributed by atoms with van der Waals surface area (Å²) in [5.74, 6) is 3.06. The molecule has 2 heterocycles. The third kappa shape index (κ3) is 3.55. The van der Waals surface area contributed by atoms with Gasteiger partial charge in [-0.05, 0) is 37.1 Å². The Bertz CT molecular complexity index is 908. The van der Waals surface area contributed by atoms with Crippen molar-refractivity contribution in [2.45, 2.75) is 36.4 Å². The fourth-order valence-electron chi connectivity index (χ4n) is 2.42. The first-order valence-electron chi connectivity index (χ1n) is 7.43. The number of halogens is 1. The topological polar surface area (TPSA) is 69.6 Å². The van der Waals surface area contributed by atoms with Crippen LogP contribution in [-0.2, 0) is 6.54 Å². The van der Waals surface area contributed by atoms with Crippen LogP contribution in [-0.4, -0.2) is 19.5 Å². The van der Waals surface area contributed by atoms with Gasteiger partial charge in [-0.1, -0.05) is 27.7 Å². The van der Waals surface area contributed by atoms with Gasteiger partial charge >= 0.3 is 0 Å². The molecule has 0 radical (unpaired) electrons. The Morgan fingerprint density at radius 1 is 1.33 bits per heavy atom. The van der Waals surface area contributed by atoms with Gasteiger partial charge in [-0.25, -0.2) is 15.0 Å². The van der Waals surface area contributed by atoms with Crippen molar-refractivity contribution in [3.05, 3.63) is 34.6 Å². The number of nitrogen functional groups attached to an aromatic ring is 1. The number of imidazole rings is 1. The molecule has 5 nitrogen and oxygen atoms in total. The zero-order chi connectivity index (χ0) is 17.1. The summed E-state index contributed by atoms with van der Waals surface area (Å²) >= 11 is 5.12. The molecule has 0 aliphatic heterocycles. The first-order chi connectivity index (χ1) is 11.6. The highest BCUT2D eigenvalue weighted by molar-refractivity contribution is 9.10. The zero-order valence-corrected chi connectivity index (χ0v) is 15.6. The molecular weight excluding hydrogens is 386 g/mol. The standard InChI is InChI=1S/C17H16BrN5S/c1-3-4-5-6-23-16-14(15(19)20-10-21-16)22-17(23)24-13-8-11(2)7-12(18)9-13/h1,7-10H,4-6H2,2H3,(H2,19,20,21). The fraction of sp³-hybridized carbons (Fsp3) is 0.235. The maximum Gasteiger partial charge on any atom is 0.175 e. The summed E-state index contributed by atoms with van der Waals surface area (Å²) in [6, 6.07) is 6.26. The molecule has 3 rings (SSSR count). The van der Waals surface area contributed by atoms with Crippen LogP contribution in [0.2, 0.25) is 0 Å². The van der Waals surface area contributed by atoms with E-state index in [1.165, 1.54) is 11.9 Å². The number of terminal acetylenes is 1. The lowest BCUT2D eigenvalue weighted by molar-refractivity contribution is 0.615. The van der Waals surface area contributed by atoms with E-state index in [1.54, 1.807) is 11.8 Å². The van der Waals surface area contributed by atoms with Crippen LogP contribution in [0.5, 0.6) is 0 Å². The van der Waals surface area contributed by atoms with E-state index in [0.717, 1.165) is 33.1 Å². The van der Waals surface area contributed by atoms with Gasteiger partial charge in [0.15, 0.2) is 22.1 Å². The smallest absolute Gasteiger partial charge is 0.175 e. The Morgan fingerprint density at radius 3 is 2.92 bits per heavy atom. The van der Waals surface area contributed by atoms with Crippen molar-refractivity contribution in [2.75, 3.05) is 5.73 Å². The van der Waals surface area contributed by atoms with Crippen LogP contribution in [0.4, 0.5) is 5.82 Å². The molecular formula is C17H16BrN5S. The quantitative estimate of drug-likeness (QED) is 0.515. The molecule has 0 aliphatic rings. The van der Waals surface area contributed by atoms with E-state index < -0.39 is 0 Å². The lowest BCUT2D eigenvalue weighted by Gasteiger charge is -2.08. The van der Waals surface area contributed by atoms with Gasteiger partial charge in [0.05, 0.1) is 0 Å². The molecule has 0 fully saturated rings. The molecule has 24 heavy (non-hydrogen) atoms. The molecule has 0 unspecified atom stereocenters. The van der Waals surface area contributed by atoms with Crippen molar-refractivity contribution >= 4 is 44.7 Å². The maximum absolute atomic E-state index is 5.96. The van der Waals surface area contributed by atoms with Crippen LogP contribution in [0.1, 0.15) is 18.4 Å². The molecule has 0 saturated heterocycles. The second kappa shape index (κ2) is 7.24. The Balaban J connectivity index is 2.03. The molecule has 0 spiro atoms. The molecule has 2 aromatic heterocycles. The number of aryl methyl sites for hydroxylation is 2. The van der Waals surface area contributed by atoms with Crippen molar-refractivity contribution in [1.82, 2.24) is 19.5 Å². The van der Waals surface area contributed by atoms with Crippen LogP contribution >= 0.6 is 27.7 Å². The highest BCUT2D eigenvalue weighted by Gasteiger charge is 2.15. The van der Waals surface area contributed by atoms with E-state index in [0.29, 0.717) is 17.8 Å². The number of nitrogens with two attached hydrogens (primary N) is 1. The Morgan fingerprint density at radius 2 is 2.17 bits per heavy atom. The van der Waals surface area contributed by atoms with Gasteiger partial charge in [0.25, 0.3) is 0 Å². The molecule has 3 aromatic rings. The number of unbranched alkanes of at least 4 members (excludes halogenated alkanes) is 1. The molecule has 0 saturated carbocycles. The van der Waals surface area contributed by atoms with Crippen LogP contribution in [0, 0.1) is 19.3 Å². The van der Waals surface area contributed by atoms with E-state index in [4.69, 9.17) is 12.2 Å². The first kappa shape index (κ1) is 16.8. The minimum Gasteiger partial charge on any atom is -0.382 e. The summed E-state index contributed by atoms with van der Waals surface area (Å²) in [5, 5.41) is 0.840. The van der Waals surface area contributed by atoms with Gasteiger partial charge in [0, 0.05) is 22.3 Å². The average Bonchev–Trinajstić information content (AvgIpc) is 2.86. The molecule has 7 heteroatoms. The maximum atomic E-state index is 5.96. The molecule has 0 bridgehead atoms. The fourth-order valence-corrected chi connectivity index (χ4v) is 4.25. The van der Waals surface area contributed by atoms with Gasteiger partial charge in [0.2, 0.25) is 0 Å². The highest BCUT2D eigenvalue weighted by atomic mass is 79.9. The number of nitrogens with zero attached hydrogens (tertiary/aromatic N) is 4. The van der Waals surface area contributed by atoms with Gasteiger partial charge in [-0.3, -0.25) is 0 Å². The summed E-state index contributed by atoms with van der Waals surface area (Å²) in [6.45, 7) is 2.81. The second-order valence-corrected chi connectivity index (χ2v) is 7.31. The molecule has 2 N–H and O–H groups in total. The molecule has 0 aliphatic carbocycles. The zero-order valence-electron chi connectivity index (χ0n) is 13.2. The minimum atomic E-state index is 0.392. The predicted octanol–water partition coefficient (Wildman–Crippen LogP) is 4.04. The summed E-state index contributed by atoms with van der Waals surface area (Å²) in [6.07, 6.45) is 8.40. The number of anilines is 1. The molecule has 122 valence electrons. The average molecular weight is 402 g/mol. The van der Waals surface area contributed by atoms with Crippen molar-refractivity contribution in [2.24, 2.45) is 0 Å². The lowest BCUT2D eigenvalue weighted by atomic mass is 10.2. The number of benzene rings is 1. The summed E-state index contributed by atoms with van der Waals surface area (Å²) in [4.78, 5) is 14.1. The largest absolute Gasteiger partial charge is 0.382 e. The number of hydrogen-bond donors (Lipinski definition) is 1. The van der Waals surface area contributed by atoms with Crippen LogP contribution < -0.4 is 5.73 Å². The Kier molecular flexibility index (Phi) is 5.07. The monoisotopic (exact) mass is 401 g/mol. The van der Waals surface area contributed by atoms with E-state index in [9.17, 15) is 0 Å². The third-order valence-electron chi connectivity index (χ3n) is 3.45. The van der Waals surface area contributed by atoms with Gasteiger partial charge in [-0.2, -0.15) is 0 Å². The first-order valence-corrected chi connectivity index (χ1v) is 9.04. The summed E-state index contributed by atoms with van der Waals surface area (Å²) < 4.78 is 3.10. The summed E-state index contributed by atoms with van der Waals surface area (Å²) in [7, 11) is 0. The van der Waals surface area contributed by atoms with Gasteiger partial charge in [0.1, 0.15) is 6.33 Å². The Hall–Kier alpha value is -2.04. The lowest BCUT2D eigenvalue weighted by Crippen LogP contribution is -2.01. The van der Waals surface area contributed by atoms with Crippen molar-refractivity contribution < 1.29 is 0 Å². The minimum absolute atomic E-state index is 0.392. The second-order valence-electron chi connectivity index (χ2n) is 5.35. The van der Waals surface area contributed by atoms with Crippen molar-refractivity contribution in [3.63, 3.8) is 0 Å². The normalized spacial score (nSPS) is 10.9. The predicted molar refractivity (Wildman–Crippen MR) is 101 cm³/mol. The number of hydrogen-bond acceptors (Lipinski definition) is 5. The van der Waals surface area contributed by atoms with E-state index in [-0.39, 0.29) is 0 Å². The van der Waals surface area contributed by atoms with Crippen molar-refractivity contribution in [1.29, 1.82) is 0 Å². The van der Waals surface area contributed by atoms with E-state index in [1.807, 2.05) is 0 Å². The van der Waals surface area contributed by atoms with Gasteiger partial charge < -0.3 is 10.3 Å². The number of fused-ring (bicyclic) bond motifs is 1. The Labute approximate surface area is 153 Å². The molecule has 1 aromatic carbocycles. The highest BCUT2D eigenvalue weighted by Crippen LogP contribution is 2.33. The third-order valence-corrected chi connectivity index (χ3v) is 4.88. The van der Waals surface area contributed by atoms with Crippen LogP contribution in [0.15, 0.2) is 39.1 Å². The van der Waals surface area contributed by atoms with Crippen LogP contribution in [0.3, 0.4) is 0 Å². The molecule has 0 amide bonds. The van der Waals surface area contributed by atoms with Crippen LogP contribution in [0.25, 0.3) is 11.2 Å². The SMILES string of the molecule is C#CCCCn1c(Sc2cc(C)cc(Br)c2)nc2c(N)ncnc21. The van der Waals surface area contributed by atoms with E-state index in [2.05, 4.69) is 66.5 Å². The number of aromatic nitrogens is 4. The molecule has 0 atom stereocenters. The summed E-state index contributed by atoms with van der Waals surface area (Å²) in [5.41, 5.74) is 8.52. The van der Waals surface area contributed by atoms with Gasteiger partial charge in [-0.15, -0.1) is 12.3 Å². The number of rotatable bonds is 5.